The Morgan fingerprint density at radius 2 is 2.03 bits per heavy atom. The molecule has 0 saturated carbocycles. The molecule has 1 aliphatic heterocycles. The summed E-state index contributed by atoms with van der Waals surface area (Å²) in [6, 6.07) is 9.94. The van der Waals surface area contributed by atoms with Crippen LogP contribution in [0.2, 0.25) is 0 Å². The van der Waals surface area contributed by atoms with Crippen LogP contribution in [0.25, 0.3) is 16.6 Å². The van der Waals surface area contributed by atoms with E-state index in [0.717, 1.165) is 59.9 Å². The van der Waals surface area contributed by atoms with Crippen LogP contribution in [0.3, 0.4) is 0 Å². The van der Waals surface area contributed by atoms with E-state index in [1.807, 2.05) is 41.1 Å². The van der Waals surface area contributed by atoms with Gasteiger partial charge in [-0.3, -0.25) is 4.40 Å². The molecule has 4 aromatic rings. The van der Waals surface area contributed by atoms with Crippen LogP contribution >= 0.6 is 0 Å². The molecule has 0 spiro atoms. The van der Waals surface area contributed by atoms with Crippen LogP contribution in [0, 0.1) is 0 Å². The fraction of sp³-hybridized carbons (Fsp3) is 0.286. The summed E-state index contributed by atoms with van der Waals surface area (Å²) in [6.07, 6.45) is 4.49. The van der Waals surface area contributed by atoms with E-state index in [2.05, 4.69) is 20.9 Å². The molecule has 0 unspecified atom stereocenters. The monoisotopic (exact) mass is 390 g/mol. The molecule has 8 heteroatoms. The van der Waals surface area contributed by atoms with Crippen LogP contribution in [0.4, 0.5) is 11.8 Å². The van der Waals surface area contributed by atoms with Gasteiger partial charge in [0.2, 0.25) is 5.95 Å². The van der Waals surface area contributed by atoms with Crippen molar-refractivity contribution in [3.63, 3.8) is 0 Å². The summed E-state index contributed by atoms with van der Waals surface area (Å²) in [6.45, 7) is 3.20. The Bertz CT molecular complexity index is 1180. The standard InChI is InChI=1S/C21H22N6O2/c1-28-17-4-2-3-16-19(17)25-21(22)27-13-15(24-20(16)27)11-14-5-6-23-18(12-14)26-7-9-29-10-8-26/h2-6,12-13H,7-11H2,1H3,(H2,22,25). The van der Waals surface area contributed by atoms with Crippen molar-refractivity contribution in [2.24, 2.45) is 0 Å². The third-order valence-corrected chi connectivity index (χ3v) is 5.22. The van der Waals surface area contributed by atoms with Gasteiger partial charge in [-0.15, -0.1) is 0 Å². The highest BCUT2D eigenvalue weighted by Crippen LogP contribution is 2.28. The number of hydrogen-bond acceptors (Lipinski definition) is 7. The number of ether oxygens (including phenoxy) is 2. The number of nitrogen functional groups attached to an aromatic ring is 1. The average molecular weight is 390 g/mol. The van der Waals surface area contributed by atoms with Crippen LogP contribution in [0.15, 0.2) is 42.7 Å². The minimum absolute atomic E-state index is 0.388. The zero-order valence-corrected chi connectivity index (χ0v) is 16.2. The minimum atomic E-state index is 0.388. The number of nitrogens with zero attached hydrogens (tertiary/aromatic N) is 5. The number of anilines is 2. The first-order chi connectivity index (χ1) is 14.2. The van der Waals surface area contributed by atoms with Crippen LogP contribution in [0.1, 0.15) is 11.3 Å². The molecule has 0 radical (unpaired) electrons. The average Bonchev–Trinajstić information content (AvgIpc) is 3.19. The van der Waals surface area contributed by atoms with Gasteiger partial charge < -0.3 is 20.1 Å². The van der Waals surface area contributed by atoms with Gasteiger partial charge >= 0.3 is 0 Å². The summed E-state index contributed by atoms with van der Waals surface area (Å²) in [4.78, 5) is 16.1. The van der Waals surface area contributed by atoms with Crippen molar-refractivity contribution in [3.8, 4) is 5.75 Å². The smallest absolute Gasteiger partial charge is 0.206 e. The highest BCUT2D eigenvalue weighted by molar-refractivity contribution is 5.96. The largest absolute Gasteiger partial charge is 0.494 e. The molecule has 3 aromatic heterocycles. The number of aromatic nitrogens is 4. The molecule has 148 valence electrons. The fourth-order valence-corrected chi connectivity index (χ4v) is 3.78. The van der Waals surface area contributed by atoms with Gasteiger partial charge in [0, 0.05) is 37.3 Å². The quantitative estimate of drug-likeness (QED) is 0.572. The molecule has 2 N–H and O–H groups in total. The number of benzene rings is 1. The van der Waals surface area contributed by atoms with Crippen molar-refractivity contribution in [1.29, 1.82) is 0 Å². The predicted octanol–water partition coefficient (Wildman–Crippen LogP) is 2.30. The summed E-state index contributed by atoms with van der Waals surface area (Å²) in [7, 11) is 1.63. The van der Waals surface area contributed by atoms with E-state index in [1.165, 1.54) is 0 Å². The fourth-order valence-electron chi connectivity index (χ4n) is 3.78. The molecule has 0 atom stereocenters. The van der Waals surface area contributed by atoms with Crippen molar-refractivity contribution in [3.05, 3.63) is 54.0 Å². The minimum Gasteiger partial charge on any atom is -0.494 e. The molecular formula is C21H22N6O2. The van der Waals surface area contributed by atoms with E-state index in [4.69, 9.17) is 20.2 Å². The summed E-state index contributed by atoms with van der Waals surface area (Å²) < 4.78 is 12.7. The predicted molar refractivity (Wildman–Crippen MR) is 112 cm³/mol. The molecule has 1 aliphatic rings. The second-order valence-electron chi connectivity index (χ2n) is 7.05. The third kappa shape index (κ3) is 3.21. The molecule has 0 amide bonds. The number of hydrogen-bond donors (Lipinski definition) is 1. The lowest BCUT2D eigenvalue weighted by molar-refractivity contribution is 0.122. The summed E-state index contributed by atoms with van der Waals surface area (Å²) in [5.41, 5.74) is 9.78. The van der Waals surface area contributed by atoms with Gasteiger partial charge in [0.1, 0.15) is 22.7 Å². The summed E-state index contributed by atoms with van der Waals surface area (Å²) in [5.74, 6) is 2.05. The van der Waals surface area contributed by atoms with Crippen LogP contribution in [0.5, 0.6) is 5.75 Å². The summed E-state index contributed by atoms with van der Waals surface area (Å²) in [5, 5.41) is 0.911. The first kappa shape index (κ1) is 17.7. The number of imidazole rings is 1. The molecule has 1 saturated heterocycles. The normalized spacial score (nSPS) is 14.6. The second kappa shape index (κ2) is 7.21. The van der Waals surface area contributed by atoms with Crippen molar-refractivity contribution < 1.29 is 9.47 Å². The van der Waals surface area contributed by atoms with E-state index in [-0.39, 0.29) is 0 Å². The van der Waals surface area contributed by atoms with E-state index < -0.39 is 0 Å². The highest BCUT2D eigenvalue weighted by Gasteiger charge is 2.15. The Labute approximate surface area is 167 Å². The van der Waals surface area contributed by atoms with Gasteiger partial charge in [0.15, 0.2) is 0 Å². The number of methoxy groups -OCH3 is 1. The maximum atomic E-state index is 6.20. The van der Waals surface area contributed by atoms with Gasteiger partial charge in [-0.2, -0.15) is 0 Å². The number of morpholine rings is 1. The van der Waals surface area contributed by atoms with E-state index >= 15 is 0 Å². The summed E-state index contributed by atoms with van der Waals surface area (Å²) >= 11 is 0. The Morgan fingerprint density at radius 1 is 1.17 bits per heavy atom. The van der Waals surface area contributed by atoms with Gasteiger partial charge in [-0.05, 0) is 29.8 Å². The van der Waals surface area contributed by atoms with Crippen molar-refractivity contribution >= 4 is 28.3 Å². The molecule has 0 bridgehead atoms. The van der Waals surface area contributed by atoms with E-state index in [0.29, 0.717) is 18.1 Å². The molecule has 5 rings (SSSR count). The number of pyridine rings is 1. The van der Waals surface area contributed by atoms with Gasteiger partial charge in [-0.25, -0.2) is 15.0 Å². The molecule has 1 aromatic carbocycles. The molecule has 1 fully saturated rings. The van der Waals surface area contributed by atoms with Crippen molar-refractivity contribution in [2.45, 2.75) is 6.42 Å². The Balaban J connectivity index is 1.51. The molecule has 0 aliphatic carbocycles. The van der Waals surface area contributed by atoms with Crippen LogP contribution in [-0.4, -0.2) is 52.8 Å². The molecule has 8 nitrogen and oxygen atoms in total. The topological polar surface area (TPSA) is 90.8 Å². The van der Waals surface area contributed by atoms with Gasteiger partial charge in [0.25, 0.3) is 0 Å². The molecule has 29 heavy (non-hydrogen) atoms. The Morgan fingerprint density at radius 3 is 2.86 bits per heavy atom. The highest BCUT2D eigenvalue weighted by atomic mass is 16.5. The van der Waals surface area contributed by atoms with Crippen LogP contribution < -0.4 is 15.4 Å². The Kier molecular flexibility index (Phi) is 4.40. The maximum Gasteiger partial charge on any atom is 0.206 e. The Hall–Kier alpha value is -3.39. The number of fused-ring (bicyclic) bond motifs is 3. The maximum absolute atomic E-state index is 6.20. The zero-order valence-electron chi connectivity index (χ0n) is 16.2. The van der Waals surface area contributed by atoms with Gasteiger partial charge in [-0.1, -0.05) is 6.07 Å². The van der Waals surface area contributed by atoms with Crippen molar-refractivity contribution in [2.75, 3.05) is 44.0 Å². The van der Waals surface area contributed by atoms with Gasteiger partial charge in [0.05, 0.1) is 26.0 Å². The number of nitrogens with two attached hydrogens (primary N) is 1. The lowest BCUT2D eigenvalue weighted by Crippen LogP contribution is -2.36. The first-order valence-electron chi connectivity index (χ1n) is 9.61. The number of rotatable bonds is 4. The lowest BCUT2D eigenvalue weighted by Gasteiger charge is -2.28. The van der Waals surface area contributed by atoms with Crippen molar-refractivity contribution in [1.82, 2.24) is 19.4 Å². The first-order valence-corrected chi connectivity index (χ1v) is 9.61. The number of para-hydroxylation sites is 1. The SMILES string of the molecule is COc1cccc2c1nc(N)n1cc(Cc3ccnc(N4CCOCC4)c3)nc21. The molecule has 4 heterocycles. The van der Waals surface area contributed by atoms with E-state index in [1.54, 1.807) is 7.11 Å². The third-order valence-electron chi connectivity index (χ3n) is 5.22. The van der Waals surface area contributed by atoms with E-state index in [9.17, 15) is 0 Å². The molecular weight excluding hydrogens is 368 g/mol. The second-order valence-corrected chi connectivity index (χ2v) is 7.05. The van der Waals surface area contributed by atoms with Crippen LogP contribution in [-0.2, 0) is 11.2 Å². The zero-order chi connectivity index (χ0) is 19.8. The lowest BCUT2D eigenvalue weighted by atomic mass is 10.1.